The van der Waals surface area contributed by atoms with Crippen LogP contribution in [0.2, 0.25) is 0 Å². The van der Waals surface area contributed by atoms with E-state index in [1.54, 1.807) is 4.90 Å². The number of nitrogens with zero attached hydrogens (tertiary/aromatic N) is 2. The lowest BCUT2D eigenvalue weighted by atomic mass is 9.97. The molecule has 1 fully saturated rings. The van der Waals surface area contributed by atoms with E-state index in [9.17, 15) is 9.59 Å². The first-order valence-electron chi connectivity index (χ1n) is 9.59. The second kappa shape index (κ2) is 8.71. The first-order chi connectivity index (χ1) is 13.1. The average Bonchev–Trinajstić information content (AvgIpc) is 2.73. The molecule has 1 unspecified atom stereocenters. The van der Waals surface area contributed by atoms with Crippen molar-refractivity contribution in [3.05, 3.63) is 60.2 Å². The minimum atomic E-state index is -0.557. The van der Waals surface area contributed by atoms with E-state index in [2.05, 4.69) is 36.2 Å². The minimum absolute atomic E-state index is 0.325. The second-order valence-electron chi connectivity index (χ2n) is 6.97. The first kappa shape index (κ1) is 19.0. The maximum Gasteiger partial charge on any atom is 0.313 e. The predicted molar refractivity (Wildman–Crippen MR) is 109 cm³/mol. The van der Waals surface area contributed by atoms with Crippen LogP contribution in [0, 0.1) is 0 Å². The van der Waals surface area contributed by atoms with Gasteiger partial charge in [-0.25, -0.2) is 0 Å². The van der Waals surface area contributed by atoms with Crippen LogP contribution in [0.5, 0.6) is 0 Å². The van der Waals surface area contributed by atoms with Crippen molar-refractivity contribution >= 4 is 23.2 Å². The summed E-state index contributed by atoms with van der Waals surface area (Å²) >= 11 is 0. The zero-order valence-electron chi connectivity index (χ0n) is 16.0. The molecule has 1 saturated heterocycles. The molecule has 1 N–H and O–H groups in total. The molecule has 1 heterocycles. The molecule has 142 valence electrons. The highest BCUT2D eigenvalue weighted by atomic mass is 16.2. The van der Waals surface area contributed by atoms with Gasteiger partial charge < -0.3 is 15.1 Å². The van der Waals surface area contributed by atoms with Crippen LogP contribution in [0.1, 0.15) is 31.7 Å². The molecule has 5 nitrogen and oxygen atoms in total. The lowest BCUT2D eigenvalue weighted by molar-refractivity contribution is -0.143. The zero-order chi connectivity index (χ0) is 19.2. The molecule has 0 saturated carbocycles. The largest absolute Gasteiger partial charge is 0.368 e. The quantitative estimate of drug-likeness (QED) is 0.844. The predicted octanol–water partition coefficient (Wildman–Crippen LogP) is 3.49. The van der Waals surface area contributed by atoms with Crippen LogP contribution in [0.3, 0.4) is 0 Å². The zero-order valence-corrected chi connectivity index (χ0v) is 16.0. The number of piperazine rings is 1. The van der Waals surface area contributed by atoms with E-state index in [1.165, 1.54) is 0 Å². The van der Waals surface area contributed by atoms with Gasteiger partial charge in [-0.05, 0) is 36.1 Å². The summed E-state index contributed by atoms with van der Waals surface area (Å²) in [5, 5.41) is 2.82. The smallest absolute Gasteiger partial charge is 0.313 e. The number of amides is 2. The van der Waals surface area contributed by atoms with Crippen LogP contribution in [-0.2, 0) is 9.59 Å². The van der Waals surface area contributed by atoms with E-state index in [4.69, 9.17) is 0 Å². The topological polar surface area (TPSA) is 52.7 Å². The van der Waals surface area contributed by atoms with Gasteiger partial charge in [0.2, 0.25) is 0 Å². The molecule has 0 radical (unpaired) electrons. The third-order valence-electron chi connectivity index (χ3n) is 5.23. The number of hydrogen-bond donors (Lipinski definition) is 1. The number of carbonyl (C=O) groups excluding carboxylic acids is 2. The van der Waals surface area contributed by atoms with Crippen LogP contribution in [0.15, 0.2) is 54.6 Å². The third-order valence-corrected chi connectivity index (χ3v) is 5.23. The lowest BCUT2D eigenvalue weighted by Gasteiger charge is -2.35. The Bertz CT molecular complexity index is 783. The summed E-state index contributed by atoms with van der Waals surface area (Å²) in [5.74, 6) is -0.688. The van der Waals surface area contributed by atoms with Crippen LogP contribution >= 0.6 is 0 Å². The molecule has 0 bridgehead atoms. The molecule has 3 rings (SSSR count). The van der Waals surface area contributed by atoms with E-state index in [1.807, 2.05) is 42.5 Å². The van der Waals surface area contributed by atoms with Crippen molar-refractivity contribution in [3.63, 3.8) is 0 Å². The number of nitrogens with one attached hydrogen (secondary N) is 1. The molecule has 0 spiro atoms. The van der Waals surface area contributed by atoms with Gasteiger partial charge in [-0.15, -0.1) is 0 Å². The number of anilines is 2. The number of hydrogen-bond acceptors (Lipinski definition) is 3. The Kier molecular flexibility index (Phi) is 6.12. The molecule has 2 aromatic carbocycles. The number of para-hydroxylation sites is 2. The summed E-state index contributed by atoms with van der Waals surface area (Å²) in [6.45, 7) is 6.79. The first-order valence-corrected chi connectivity index (χ1v) is 9.59. The summed E-state index contributed by atoms with van der Waals surface area (Å²) < 4.78 is 0. The van der Waals surface area contributed by atoms with Gasteiger partial charge in [0.05, 0.1) is 0 Å². The van der Waals surface area contributed by atoms with Crippen molar-refractivity contribution < 1.29 is 9.59 Å². The Morgan fingerprint density at radius 3 is 2.26 bits per heavy atom. The fourth-order valence-corrected chi connectivity index (χ4v) is 3.39. The van der Waals surface area contributed by atoms with Gasteiger partial charge in [0, 0.05) is 37.6 Å². The van der Waals surface area contributed by atoms with E-state index < -0.39 is 11.8 Å². The molecule has 27 heavy (non-hydrogen) atoms. The Hall–Kier alpha value is -2.82. The monoisotopic (exact) mass is 365 g/mol. The molecule has 0 aliphatic carbocycles. The van der Waals surface area contributed by atoms with E-state index in [-0.39, 0.29) is 0 Å². The van der Waals surface area contributed by atoms with Crippen molar-refractivity contribution in [1.29, 1.82) is 0 Å². The van der Waals surface area contributed by atoms with Gasteiger partial charge in [0.25, 0.3) is 0 Å². The molecule has 1 aliphatic rings. The van der Waals surface area contributed by atoms with Gasteiger partial charge in [0.1, 0.15) is 0 Å². The molecule has 2 amide bonds. The van der Waals surface area contributed by atoms with Gasteiger partial charge >= 0.3 is 11.8 Å². The molecular formula is C22H27N3O2. The van der Waals surface area contributed by atoms with Crippen LogP contribution in [0.4, 0.5) is 11.4 Å². The highest BCUT2D eigenvalue weighted by molar-refractivity contribution is 6.39. The Morgan fingerprint density at radius 2 is 1.59 bits per heavy atom. The Labute approximate surface area is 161 Å². The van der Waals surface area contributed by atoms with Crippen molar-refractivity contribution in [3.8, 4) is 0 Å². The van der Waals surface area contributed by atoms with Gasteiger partial charge in [-0.2, -0.15) is 0 Å². The SMILES string of the molecule is CCC(C)c1ccccc1NC(=O)C(=O)N1CCN(c2ccccc2)CC1. The standard InChI is InChI=1S/C22H27N3O2/c1-3-17(2)19-11-7-8-12-20(19)23-21(26)22(27)25-15-13-24(14-16-25)18-9-5-4-6-10-18/h4-12,17H,3,13-16H2,1-2H3,(H,23,26). The van der Waals surface area contributed by atoms with Gasteiger partial charge in [-0.1, -0.05) is 50.2 Å². The fourth-order valence-electron chi connectivity index (χ4n) is 3.39. The van der Waals surface area contributed by atoms with Crippen molar-refractivity contribution in [2.45, 2.75) is 26.2 Å². The molecule has 2 aromatic rings. The molecule has 1 atom stereocenters. The van der Waals surface area contributed by atoms with Gasteiger partial charge in [-0.3, -0.25) is 9.59 Å². The summed E-state index contributed by atoms with van der Waals surface area (Å²) in [6.07, 6.45) is 0.974. The highest BCUT2D eigenvalue weighted by Crippen LogP contribution is 2.26. The second-order valence-corrected chi connectivity index (χ2v) is 6.97. The van der Waals surface area contributed by atoms with Crippen molar-refractivity contribution in [2.24, 2.45) is 0 Å². The van der Waals surface area contributed by atoms with E-state index in [0.29, 0.717) is 19.0 Å². The lowest BCUT2D eigenvalue weighted by Crippen LogP contribution is -2.51. The summed E-state index contributed by atoms with van der Waals surface area (Å²) in [4.78, 5) is 29.0. The highest BCUT2D eigenvalue weighted by Gasteiger charge is 2.26. The van der Waals surface area contributed by atoms with Crippen molar-refractivity contribution in [1.82, 2.24) is 4.90 Å². The number of carbonyl (C=O) groups is 2. The molecule has 5 heteroatoms. The van der Waals surface area contributed by atoms with Crippen LogP contribution in [0.25, 0.3) is 0 Å². The Balaban J connectivity index is 1.60. The molecule has 1 aliphatic heterocycles. The van der Waals surface area contributed by atoms with Gasteiger partial charge in [0.15, 0.2) is 0 Å². The normalized spacial score (nSPS) is 15.3. The van der Waals surface area contributed by atoms with Crippen LogP contribution in [-0.4, -0.2) is 42.9 Å². The van der Waals surface area contributed by atoms with Crippen LogP contribution < -0.4 is 10.2 Å². The number of benzene rings is 2. The summed E-state index contributed by atoms with van der Waals surface area (Å²) in [6, 6.07) is 17.8. The Morgan fingerprint density at radius 1 is 0.963 bits per heavy atom. The maximum absolute atomic E-state index is 12.6. The van der Waals surface area contributed by atoms with E-state index >= 15 is 0 Å². The average molecular weight is 365 g/mol. The summed E-state index contributed by atoms with van der Waals surface area (Å²) in [5.41, 5.74) is 2.94. The molecule has 0 aromatic heterocycles. The fraction of sp³-hybridized carbons (Fsp3) is 0.364. The minimum Gasteiger partial charge on any atom is -0.368 e. The third kappa shape index (κ3) is 4.48. The van der Waals surface area contributed by atoms with Crippen molar-refractivity contribution in [2.75, 3.05) is 36.4 Å². The maximum atomic E-state index is 12.6. The summed E-state index contributed by atoms with van der Waals surface area (Å²) in [7, 11) is 0. The molecular weight excluding hydrogens is 338 g/mol. The van der Waals surface area contributed by atoms with E-state index in [0.717, 1.165) is 36.4 Å². The number of rotatable bonds is 4.